The van der Waals surface area contributed by atoms with Crippen molar-refractivity contribution >= 4 is 34.9 Å². The highest BCUT2D eigenvalue weighted by molar-refractivity contribution is 7.13. The molecule has 0 aliphatic rings. The van der Waals surface area contributed by atoms with E-state index >= 15 is 0 Å². The molecule has 25 heavy (non-hydrogen) atoms. The van der Waals surface area contributed by atoms with Gasteiger partial charge in [0.15, 0.2) is 0 Å². The van der Waals surface area contributed by atoms with Gasteiger partial charge in [0, 0.05) is 23.3 Å². The predicted molar refractivity (Wildman–Crippen MR) is 104 cm³/mol. The van der Waals surface area contributed by atoms with E-state index in [2.05, 4.69) is 22.5 Å². The van der Waals surface area contributed by atoms with Gasteiger partial charge in [0.1, 0.15) is 5.69 Å². The highest BCUT2D eigenvalue weighted by Crippen LogP contribution is 2.23. The van der Waals surface area contributed by atoms with Crippen LogP contribution in [0.25, 0.3) is 16.6 Å². The lowest BCUT2D eigenvalue weighted by Crippen LogP contribution is -2.26. The largest absolute Gasteiger partial charge is 0.351 e. The molecule has 0 saturated heterocycles. The normalized spacial score (nSPS) is 11.1. The Labute approximate surface area is 155 Å². The number of aryl methyl sites for hydroxylation is 1. The first kappa shape index (κ1) is 17.5. The standard InChI is InChI=1S/C19H18ClN3OS/c1-14-13-17(18-7-4-12-25-18)22-23(14)11-10-21-19(24)9-8-15-5-2-3-6-16(15)20/h2-9,12-13H,10-11H2,1H3,(H,21,24)/b9-8+. The van der Waals surface area contributed by atoms with Gasteiger partial charge in [0.2, 0.25) is 5.91 Å². The Morgan fingerprint density at radius 3 is 2.92 bits per heavy atom. The van der Waals surface area contributed by atoms with Gasteiger partial charge in [-0.1, -0.05) is 35.9 Å². The number of carbonyl (C=O) groups excluding carboxylic acids is 1. The Kier molecular flexibility index (Phi) is 5.68. The molecule has 0 saturated carbocycles. The van der Waals surface area contributed by atoms with Crippen LogP contribution < -0.4 is 5.32 Å². The first-order valence-electron chi connectivity index (χ1n) is 7.92. The quantitative estimate of drug-likeness (QED) is 0.652. The molecule has 1 aromatic carbocycles. The molecule has 0 fully saturated rings. The first-order chi connectivity index (χ1) is 12.1. The molecular formula is C19H18ClN3OS. The van der Waals surface area contributed by atoms with Crippen molar-refractivity contribution in [1.29, 1.82) is 0 Å². The van der Waals surface area contributed by atoms with E-state index in [-0.39, 0.29) is 5.91 Å². The zero-order chi connectivity index (χ0) is 17.6. The van der Waals surface area contributed by atoms with Gasteiger partial charge in [-0.15, -0.1) is 11.3 Å². The summed E-state index contributed by atoms with van der Waals surface area (Å²) in [6, 6.07) is 13.5. The molecule has 0 aliphatic carbocycles. The molecule has 2 heterocycles. The molecule has 0 bridgehead atoms. The van der Waals surface area contributed by atoms with E-state index in [9.17, 15) is 4.79 Å². The molecule has 0 aliphatic heterocycles. The van der Waals surface area contributed by atoms with Gasteiger partial charge in [-0.25, -0.2) is 0 Å². The van der Waals surface area contributed by atoms with E-state index < -0.39 is 0 Å². The van der Waals surface area contributed by atoms with Crippen LogP contribution >= 0.6 is 22.9 Å². The third-order valence-corrected chi connectivity index (χ3v) is 4.93. The van der Waals surface area contributed by atoms with Gasteiger partial charge in [-0.05, 0) is 42.1 Å². The van der Waals surface area contributed by atoms with Gasteiger partial charge < -0.3 is 5.32 Å². The minimum atomic E-state index is -0.150. The van der Waals surface area contributed by atoms with E-state index in [0.717, 1.165) is 21.8 Å². The maximum atomic E-state index is 11.9. The number of halogens is 1. The number of benzene rings is 1. The van der Waals surface area contributed by atoms with Gasteiger partial charge in [-0.2, -0.15) is 5.10 Å². The van der Waals surface area contributed by atoms with Gasteiger partial charge in [0.25, 0.3) is 0 Å². The number of carbonyl (C=O) groups is 1. The molecule has 4 nitrogen and oxygen atoms in total. The number of rotatable bonds is 6. The second-order valence-electron chi connectivity index (χ2n) is 5.52. The molecule has 2 aromatic heterocycles. The predicted octanol–water partition coefficient (Wildman–Crippen LogP) is 4.40. The number of amides is 1. The summed E-state index contributed by atoms with van der Waals surface area (Å²) in [4.78, 5) is 13.1. The van der Waals surface area contributed by atoms with Crippen molar-refractivity contribution in [3.05, 3.63) is 70.2 Å². The van der Waals surface area contributed by atoms with Crippen LogP contribution in [0.3, 0.4) is 0 Å². The van der Waals surface area contributed by atoms with Crippen molar-refractivity contribution < 1.29 is 4.79 Å². The number of nitrogens with one attached hydrogen (secondary N) is 1. The van der Waals surface area contributed by atoms with Crippen LogP contribution in [-0.2, 0) is 11.3 Å². The summed E-state index contributed by atoms with van der Waals surface area (Å²) in [7, 11) is 0. The minimum absolute atomic E-state index is 0.150. The average Bonchev–Trinajstić information content (AvgIpc) is 3.24. The van der Waals surface area contributed by atoms with Gasteiger partial charge in [0.05, 0.1) is 11.4 Å². The third kappa shape index (κ3) is 4.59. The van der Waals surface area contributed by atoms with Crippen LogP contribution in [0.5, 0.6) is 0 Å². The summed E-state index contributed by atoms with van der Waals surface area (Å²) in [5.74, 6) is -0.150. The van der Waals surface area contributed by atoms with Crippen LogP contribution in [-0.4, -0.2) is 22.2 Å². The van der Waals surface area contributed by atoms with Crippen molar-refractivity contribution in [1.82, 2.24) is 15.1 Å². The van der Waals surface area contributed by atoms with Crippen LogP contribution in [0, 0.1) is 6.92 Å². The van der Waals surface area contributed by atoms with E-state index in [1.807, 2.05) is 41.3 Å². The summed E-state index contributed by atoms with van der Waals surface area (Å²) >= 11 is 7.73. The molecule has 6 heteroatoms. The fourth-order valence-corrected chi connectivity index (χ4v) is 3.28. The van der Waals surface area contributed by atoms with Crippen molar-refractivity contribution in [2.75, 3.05) is 6.54 Å². The number of hydrogen-bond acceptors (Lipinski definition) is 3. The highest BCUT2D eigenvalue weighted by atomic mass is 35.5. The smallest absolute Gasteiger partial charge is 0.244 e. The number of aromatic nitrogens is 2. The molecule has 0 spiro atoms. The molecule has 3 aromatic rings. The lowest BCUT2D eigenvalue weighted by molar-refractivity contribution is -0.116. The Morgan fingerprint density at radius 1 is 1.32 bits per heavy atom. The molecule has 0 unspecified atom stereocenters. The lowest BCUT2D eigenvalue weighted by atomic mass is 10.2. The molecule has 1 N–H and O–H groups in total. The molecule has 0 atom stereocenters. The second kappa shape index (κ2) is 8.14. The van der Waals surface area contributed by atoms with E-state index in [4.69, 9.17) is 11.6 Å². The Bertz CT molecular complexity index is 884. The summed E-state index contributed by atoms with van der Waals surface area (Å²) in [6.07, 6.45) is 3.21. The van der Waals surface area contributed by atoms with Crippen LogP contribution in [0.2, 0.25) is 5.02 Å². The zero-order valence-electron chi connectivity index (χ0n) is 13.8. The monoisotopic (exact) mass is 371 g/mol. The van der Waals surface area contributed by atoms with Crippen LogP contribution in [0.4, 0.5) is 0 Å². The maximum absolute atomic E-state index is 11.9. The van der Waals surface area contributed by atoms with E-state index in [1.165, 1.54) is 6.08 Å². The van der Waals surface area contributed by atoms with Gasteiger partial charge >= 0.3 is 0 Å². The third-order valence-electron chi connectivity index (χ3n) is 3.70. The highest BCUT2D eigenvalue weighted by Gasteiger charge is 2.07. The summed E-state index contributed by atoms with van der Waals surface area (Å²) in [5, 5.41) is 10.1. The van der Waals surface area contributed by atoms with Crippen LogP contribution in [0.15, 0.2) is 53.9 Å². The number of thiophene rings is 1. The molecule has 3 rings (SSSR count). The van der Waals surface area contributed by atoms with Crippen molar-refractivity contribution in [2.24, 2.45) is 0 Å². The van der Waals surface area contributed by atoms with E-state index in [1.54, 1.807) is 23.5 Å². The van der Waals surface area contributed by atoms with Crippen molar-refractivity contribution in [2.45, 2.75) is 13.5 Å². The molecule has 1 amide bonds. The summed E-state index contributed by atoms with van der Waals surface area (Å²) in [6.45, 7) is 3.16. The number of nitrogens with zero attached hydrogens (tertiary/aromatic N) is 2. The Balaban J connectivity index is 1.53. The van der Waals surface area contributed by atoms with Gasteiger partial charge in [-0.3, -0.25) is 9.48 Å². The Hall–Kier alpha value is -2.37. The van der Waals surface area contributed by atoms with Crippen molar-refractivity contribution in [3.8, 4) is 10.6 Å². The molecule has 128 valence electrons. The average molecular weight is 372 g/mol. The Morgan fingerprint density at radius 2 is 2.16 bits per heavy atom. The zero-order valence-corrected chi connectivity index (χ0v) is 15.3. The topological polar surface area (TPSA) is 46.9 Å². The lowest BCUT2D eigenvalue weighted by Gasteiger charge is -2.05. The summed E-state index contributed by atoms with van der Waals surface area (Å²) < 4.78 is 1.91. The minimum Gasteiger partial charge on any atom is -0.351 e. The molecular weight excluding hydrogens is 354 g/mol. The number of hydrogen-bond donors (Lipinski definition) is 1. The fraction of sp³-hybridized carbons (Fsp3) is 0.158. The van der Waals surface area contributed by atoms with E-state index in [0.29, 0.717) is 18.1 Å². The fourth-order valence-electron chi connectivity index (χ4n) is 2.40. The molecule has 0 radical (unpaired) electrons. The second-order valence-corrected chi connectivity index (χ2v) is 6.87. The maximum Gasteiger partial charge on any atom is 0.244 e. The van der Waals surface area contributed by atoms with Crippen molar-refractivity contribution in [3.63, 3.8) is 0 Å². The summed E-state index contributed by atoms with van der Waals surface area (Å²) in [5.41, 5.74) is 2.87. The SMILES string of the molecule is Cc1cc(-c2cccs2)nn1CCNC(=O)/C=C/c1ccccc1Cl. The van der Waals surface area contributed by atoms with Crippen LogP contribution in [0.1, 0.15) is 11.3 Å². The first-order valence-corrected chi connectivity index (χ1v) is 9.18.